The highest BCUT2D eigenvalue weighted by molar-refractivity contribution is 5.67. The summed E-state index contributed by atoms with van der Waals surface area (Å²) >= 11 is 0. The summed E-state index contributed by atoms with van der Waals surface area (Å²) in [5, 5.41) is 0. The van der Waals surface area contributed by atoms with E-state index in [1.54, 1.807) is 44.6 Å². The van der Waals surface area contributed by atoms with Crippen LogP contribution in [0.3, 0.4) is 0 Å². The van der Waals surface area contributed by atoms with Crippen molar-refractivity contribution in [2.75, 3.05) is 31.7 Å². The Morgan fingerprint density at radius 3 is 2.74 bits per heavy atom. The van der Waals surface area contributed by atoms with Crippen molar-refractivity contribution >= 4 is 5.95 Å². The van der Waals surface area contributed by atoms with Gasteiger partial charge in [0.15, 0.2) is 0 Å². The molecule has 0 radical (unpaired) electrons. The molecule has 2 aromatic heterocycles. The zero-order valence-corrected chi connectivity index (χ0v) is 19.4. The fourth-order valence-corrected chi connectivity index (χ4v) is 4.24. The number of aromatic nitrogens is 4. The minimum absolute atomic E-state index is 0.182. The molecule has 4 aromatic rings. The molecule has 178 valence electrons. The minimum atomic E-state index is -0.326. The highest BCUT2D eigenvalue weighted by Crippen LogP contribution is 2.35. The molecule has 0 spiro atoms. The van der Waals surface area contributed by atoms with E-state index in [1.807, 2.05) is 23.1 Å². The van der Waals surface area contributed by atoms with Crippen molar-refractivity contribution in [2.24, 2.45) is 7.05 Å². The van der Waals surface area contributed by atoms with Gasteiger partial charge in [-0.1, -0.05) is 30.3 Å². The van der Waals surface area contributed by atoms with Gasteiger partial charge in [0.25, 0.3) is 5.56 Å². The fourth-order valence-electron chi connectivity index (χ4n) is 4.24. The van der Waals surface area contributed by atoms with Gasteiger partial charge in [-0.3, -0.25) is 9.36 Å². The Bertz CT molecular complexity index is 1410. The van der Waals surface area contributed by atoms with Gasteiger partial charge in [-0.05, 0) is 23.8 Å². The van der Waals surface area contributed by atoms with Crippen LogP contribution in [0.5, 0.6) is 5.75 Å². The number of benzene rings is 2. The highest BCUT2D eigenvalue weighted by atomic mass is 19.1. The quantitative estimate of drug-likeness (QED) is 0.438. The van der Waals surface area contributed by atoms with E-state index >= 15 is 0 Å². The summed E-state index contributed by atoms with van der Waals surface area (Å²) in [6, 6.07) is 15.4. The Morgan fingerprint density at radius 1 is 1.11 bits per heavy atom. The summed E-state index contributed by atoms with van der Waals surface area (Å²) < 4.78 is 27.6. The third-order valence-electron chi connectivity index (χ3n) is 6.07. The number of ether oxygens (including phenoxy) is 2. The molecule has 9 heteroatoms. The maximum absolute atomic E-state index is 14.3. The van der Waals surface area contributed by atoms with Gasteiger partial charge in [0, 0.05) is 37.0 Å². The molecular weight excluding hydrogens is 449 g/mol. The monoisotopic (exact) mass is 473 g/mol. The average Bonchev–Trinajstić information content (AvgIpc) is 2.90. The van der Waals surface area contributed by atoms with Crippen molar-refractivity contribution in [2.45, 2.75) is 6.10 Å². The highest BCUT2D eigenvalue weighted by Gasteiger charge is 2.27. The number of hydrogen-bond acceptors (Lipinski definition) is 7. The average molecular weight is 474 g/mol. The number of anilines is 1. The van der Waals surface area contributed by atoms with Gasteiger partial charge in [0.1, 0.15) is 24.0 Å². The van der Waals surface area contributed by atoms with Gasteiger partial charge in [0.2, 0.25) is 5.95 Å². The molecule has 3 heterocycles. The van der Waals surface area contributed by atoms with E-state index in [4.69, 9.17) is 14.5 Å². The van der Waals surface area contributed by atoms with Crippen LogP contribution in [0.15, 0.2) is 71.9 Å². The molecule has 35 heavy (non-hydrogen) atoms. The summed E-state index contributed by atoms with van der Waals surface area (Å²) in [4.78, 5) is 27.6. The molecule has 1 aliphatic heterocycles. The Labute approximate surface area is 201 Å². The summed E-state index contributed by atoms with van der Waals surface area (Å²) in [7, 11) is 3.28. The first-order chi connectivity index (χ1) is 17.0. The van der Waals surface area contributed by atoms with E-state index in [0.717, 1.165) is 11.1 Å². The van der Waals surface area contributed by atoms with Crippen LogP contribution in [0, 0.1) is 5.82 Å². The molecule has 1 saturated heterocycles. The molecule has 0 aliphatic carbocycles. The zero-order valence-electron chi connectivity index (χ0n) is 19.4. The summed E-state index contributed by atoms with van der Waals surface area (Å²) in [6.07, 6.45) is 2.72. The van der Waals surface area contributed by atoms with Crippen molar-refractivity contribution < 1.29 is 13.9 Å². The Morgan fingerprint density at radius 2 is 1.97 bits per heavy atom. The van der Waals surface area contributed by atoms with Crippen LogP contribution in [-0.2, 0) is 11.8 Å². The van der Waals surface area contributed by atoms with Crippen LogP contribution in [0.25, 0.3) is 22.5 Å². The standard InChI is InChI=1S/C26H24FN5O3/c1-31-25(33)14-22(21-9-10-28-16-29-21)30-26(31)32-11-12-35-24(15-32)19-8-7-17(13-23(19)34-2)18-5-3-4-6-20(18)27/h3-10,13-14,16,24H,11-12,15H2,1-2H3. The van der Waals surface area contributed by atoms with Crippen LogP contribution in [0.4, 0.5) is 10.3 Å². The SMILES string of the molecule is COc1cc(-c2ccccc2F)ccc1C1CN(c2nc(-c3ccncn3)cc(=O)n2C)CCO1. The minimum Gasteiger partial charge on any atom is -0.496 e. The summed E-state index contributed by atoms with van der Waals surface area (Å²) in [5.41, 5.74) is 2.95. The number of morpholine rings is 1. The number of rotatable bonds is 5. The van der Waals surface area contributed by atoms with Crippen LogP contribution in [0.2, 0.25) is 0 Å². The third-order valence-corrected chi connectivity index (χ3v) is 6.07. The smallest absolute Gasteiger partial charge is 0.255 e. The maximum atomic E-state index is 14.3. The van der Waals surface area contributed by atoms with Crippen molar-refractivity contribution in [3.8, 4) is 28.3 Å². The second-order valence-corrected chi connectivity index (χ2v) is 8.18. The number of methoxy groups -OCH3 is 1. The normalized spacial score (nSPS) is 15.7. The molecule has 0 saturated carbocycles. The van der Waals surface area contributed by atoms with Gasteiger partial charge in [-0.25, -0.2) is 19.3 Å². The fraction of sp³-hybridized carbons (Fsp3) is 0.231. The molecule has 1 aliphatic rings. The van der Waals surface area contributed by atoms with Crippen LogP contribution in [0.1, 0.15) is 11.7 Å². The van der Waals surface area contributed by atoms with E-state index in [2.05, 4.69) is 9.97 Å². The van der Waals surface area contributed by atoms with Crippen LogP contribution in [-0.4, -0.2) is 46.3 Å². The Hall–Kier alpha value is -4.11. The zero-order chi connectivity index (χ0) is 24.4. The first-order valence-electron chi connectivity index (χ1n) is 11.2. The first-order valence-corrected chi connectivity index (χ1v) is 11.2. The lowest BCUT2D eigenvalue weighted by atomic mass is 9.99. The van der Waals surface area contributed by atoms with Crippen LogP contribution >= 0.6 is 0 Å². The van der Waals surface area contributed by atoms with Gasteiger partial charge in [-0.2, -0.15) is 0 Å². The van der Waals surface area contributed by atoms with Crippen LogP contribution < -0.4 is 15.2 Å². The van der Waals surface area contributed by atoms with Gasteiger partial charge in [-0.15, -0.1) is 0 Å². The predicted molar refractivity (Wildman–Crippen MR) is 130 cm³/mol. The number of hydrogen-bond donors (Lipinski definition) is 0. The largest absolute Gasteiger partial charge is 0.496 e. The first kappa shape index (κ1) is 22.7. The van der Waals surface area contributed by atoms with Gasteiger partial charge in [0.05, 0.1) is 31.6 Å². The van der Waals surface area contributed by atoms with Crippen molar-refractivity contribution in [1.82, 2.24) is 19.5 Å². The number of nitrogens with zero attached hydrogens (tertiary/aromatic N) is 5. The predicted octanol–water partition coefficient (Wildman–Crippen LogP) is 3.63. The van der Waals surface area contributed by atoms with Gasteiger partial charge >= 0.3 is 0 Å². The number of halogens is 1. The van der Waals surface area contributed by atoms with Gasteiger partial charge < -0.3 is 14.4 Å². The molecule has 2 aromatic carbocycles. The van der Waals surface area contributed by atoms with Crippen molar-refractivity contribution in [3.05, 3.63) is 88.9 Å². The molecule has 0 bridgehead atoms. The van der Waals surface area contributed by atoms with Crippen molar-refractivity contribution in [1.29, 1.82) is 0 Å². The molecule has 0 N–H and O–H groups in total. The molecule has 1 fully saturated rings. The lowest BCUT2D eigenvalue weighted by Gasteiger charge is -2.35. The molecular formula is C26H24FN5O3. The molecule has 1 atom stereocenters. The summed E-state index contributed by atoms with van der Waals surface area (Å²) in [5.74, 6) is 0.841. The third kappa shape index (κ3) is 4.50. The Balaban J connectivity index is 1.47. The summed E-state index contributed by atoms with van der Waals surface area (Å²) in [6.45, 7) is 1.47. The Kier molecular flexibility index (Phi) is 6.24. The van der Waals surface area contributed by atoms with E-state index in [9.17, 15) is 9.18 Å². The van der Waals surface area contributed by atoms with E-state index in [1.165, 1.54) is 23.0 Å². The lowest BCUT2D eigenvalue weighted by Crippen LogP contribution is -2.41. The lowest BCUT2D eigenvalue weighted by molar-refractivity contribution is 0.0374. The molecule has 5 rings (SSSR count). The van der Waals surface area contributed by atoms with E-state index in [-0.39, 0.29) is 17.5 Å². The maximum Gasteiger partial charge on any atom is 0.255 e. The topological polar surface area (TPSA) is 82.4 Å². The second kappa shape index (κ2) is 9.63. The molecule has 8 nitrogen and oxygen atoms in total. The van der Waals surface area contributed by atoms with Crippen molar-refractivity contribution in [3.63, 3.8) is 0 Å². The van der Waals surface area contributed by atoms with E-state index in [0.29, 0.717) is 48.3 Å². The second-order valence-electron chi connectivity index (χ2n) is 8.18. The molecule has 1 unspecified atom stereocenters. The molecule has 0 amide bonds. The van der Waals surface area contributed by atoms with E-state index < -0.39 is 0 Å².